The van der Waals surface area contributed by atoms with Crippen LogP contribution in [-0.2, 0) is 9.59 Å². The third kappa shape index (κ3) is 2.30. The molecular formula is C9H9N2O2. The molecule has 4 heteroatoms. The number of hydrogen-bond donors (Lipinski definition) is 1. The highest BCUT2D eigenvalue weighted by Crippen LogP contribution is 2.10. The summed E-state index contributed by atoms with van der Waals surface area (Å²) in [5.41, 5.74) is 7.54. The van der Waals surface area contributed by atoms with Gasteiger partial charge in [0.1, 0.15) is 6.04 Å². The molecule has 0 aromatic heterocycles. The van der Waals surface area contributed by atoms with Crippen molar-refractivity contribution in [1.29, 1.82) is 0 Å². The predicted molar refractivity (Wildman–Crippen MR) is 46.5 cm³/mol. The molecule has 4 nitrogen and oxygen atoms in total. The van der Waals surface area contributed by atoms with Gasteiger partial charge >= 0.3 is 0 Å². The molecule has 67 valence electrons. The van der Waals surface area contributed by atoms with Gasteiger partial charge in [-0.05, 0) is 5.56 Å². The topological polar surface area (TPSA) is 70.0 Å². The molecule has 0 aliphatic rings. The summed E-state index contributed by atoms with van der Waals surface area (Å²) < 4.78 is 0. The molecule has 2 amide bonds. The minimum Gasteiger partial charge on any atom is -0.343 e. The van der Waals surface area contributed by atoms with Gasteiger partial charge in [-0.1, -0.05) is 30.3 Å². The Morgan fingerprint density at radius 2 is 2.00 bits per heavy atom. The van der Waals surface area contributed by atoms with Gasteiger partial charge in [-0.2, -0.15) is 0 Å². The number of carbonyl (C=O) groups excluding carboxylic acids is 2. The first kappa shape index (κ1) is 9.25. The third-order valence-corrected chi connectivity index (χ3v) is 1.63. The fourth-order valence-corrected chi connectivity index (χ4v) is 1.04. The molecular weight excluding hydrogens is 168 g/mol. The van der Waals surface area contributed by atoms with Gasteiger partial charge in [0.15, 0.2) is 0 Å². The number of nitrogens with one attached hydrogen (secondary N) is 2. The molecule has 0 spiro atoms. The van der Waals surface area contributed by atoms with Crippen molar-refractivity contribution in [2.75, 3.05) is 0 Å². The van der Waals surface area contributed by atoms with E-state index in [9.17, 15) is 9.59 Å². The second-order valence-corrected chi connectivity index (χ2v) is 2.49. The molecule has 0 saturated heterocycles. The van der Waals surface area contributed by atoms with E-state index in [4.69, 9.17) is 5.73 Å². The summed E-state index contributed by atoms with van der Waals surface area (Å²) in [6, 6.07) is 7.82. The normalized spacial score (nSPS) is 11.7. The summed E-state index contributed by atoms with van der Waals surface area (Å²) >= 11 is 0. The molecule has 13 heavy (non-hydrogen) atoms. The van der Waals surface area contributed by atoms with Crippen LogP contribution in [0, 0.1) is 0 Å². The molecule has 2 N–H and O–H groups in total. The van der Waals surface area contributed by atoms with Crippen molar-refractivity contribution < 1.29 is 9.59 Å². The molecule has 1 aromatic rings. The van der Waals surface area contributed by atoms with E-state index in [1.165, 1.54) is 0 Å². The lowest BCUT2D eigenvalue weighted by Crippen LogP contribution is -2.27. The summed E-state index contributed by atoms with van der Waals surface area (Å²) in [6.45, 7) is 0. The highest BCUT2D eigenvalue weighted by atomic mass is 16.2. The first-order chi connectivity index (χ1) is 6.25. The van der Waals surface area contributed by atoms with Crippen LogP contribution in [0.25, 0.3) is 0 Å². The van der Waals surface area contributed by atoms with Crippen LogP contribution in [0.1, 0.15) is 11.6 Å². The van der Waals surface area contributed by atoms with Crippen LogP contribution in [0.5, 0.6) is 0 Å². The van der Waals surface area contributed by atoms with Gasteiger partial charge in [0.2, 0.25) is 6.41 Å². The summed E-state index contributed by atoms with van der Waals surface area (Å²) in [5, 5.41) is 2.28. The second-order valence-electron chi connectivity index (χ2n) is 2.49. The van der Waals surface area contributed by atoms with Crippen molar-refractivity contribution in [1.82, 2.24) is 11.1 Å². The third-order valence-electron chi connectivity index (χ3n) is 1.63. The lowest BCUT2D eigenvalue weighted by Gasteiger charge is -2.10. The van der Waals surface area contributed by atoms with Crippen LogP contribution in [0.15, 0.2) is 30.3 Å². The highest BCUT2D eigenvalue weighted by Gasteiger charge is 2.16. The standard InChI is InChI=1S/C9H9N2O2/c10-9(13)8(11-6-12)7-4-2-1-3-5-7/h1-6,8,10H,(H,11,12). The summed E-state index contributed by atoms with van der Waals surface area (Å²) in [5.74, 6) is -0.821. The van der Waals surface area contributed by atoms with Crippen molar-refractivity contribution >= 4 is 12.3 Å². The van der Waals surface area contributed by atoms with E-state index < -0.39 is 11.9 Å². The van der Waals surface area contributed by atoms with Gasteiger partial charge in [-0.15, -0.1) is 0 Å². The zero-order valence-corrected chi connectivity index (χ0v) is 6.86. The zero-order valence-electron chi connectivity index (χ0n) is 6.86. The Morgan fingerprint density at radius 3 is 2.46 bits per heavy atom. The van der Waals surface area contributed by atoms with E-state index >= 15 is 0 Å². The summed E-state index contributed by atoms with van der Waals surface area (Å²) in [4.78, 5) is 20.9. The monoisotopic (exact) mass is 177 g/mol. The molecule has 0 heterocycles. The minimum atomic E-state index is -0.848. The van der Waals surface area contributed by atoms with E-state index in [0.29, 0.717) is 12.0 Å². The lowest BCUT2D eigenvalue weighted by molar-refractivity contribution is -0.123. The Bertz CT molecular complexity index is 298. The van der Waals surface area contributed by atoms with Crippen molar-refractivity contribution in [2.45, 2.75) is 6.04 Å². The fourth-order valence-electron chi connectivity index (χ4n) is 1.04. The smallest absolute Gasteiger partial charge is 0.265 e. The van der Waals surface area contributed by atoms with E-state index in [1.807, 2.05) is 0 Å². The first-order valence-electron chi connectivity index (χ1n) is 3.76. The van der Waals surface area contributed by atoms with Gasteiger partial charge in [-0.3, -0.25) is 15.3 Å². The molecule has 1 aromatic carbocycles. The maximum atomic E-state index is 10.8. The van der Waals surface area contributed by atoms with Gasteiger partial charge in [0.25, 0.3) is 5.91 Å². The Labute approximate surface area is 75.7 Å². The Hall–Kier alpha value is -1.84. The Kier molecular flexibility index (Phi) is 3.03. The largest absolute Gasteiger partial charge is 0.343 e. The molecule has 0 bridgehead atoms. The van der Waals surface area contributed by atoms with Gasteiger partial charge < -0.3 is 5.32 Å². The van der Waals surface area contributed by atoms with E-state index in [0.717, 1.165) is 0 Å². The van der Waals surface area contributed by atoms with Crippen LogP contribution in [0.3, 0.4) is 0 Å². The van der Waals surface area contributed by atoms with E-state index in [1.54, 1.807) is 30.3 Å². The van der Waals surface area contributed by atoms with Crippen molar-refractivity contribution in [3.63, 3.8) is 0 Å². The van der Waals surface area contributed by atoms with Gasteiger partial charge in [0, 0.05) is 0 Å². The number of carbonyl (C=O) groups is 2. The quantitative estimate of drug-likeness (QED) is 0.671. The SMILES string of the molecule is [NH]C(=O)C(NC=O)c1ccccc1. The van der Waals surface area contributed by atoms with Crippen LogP contribution >= 0.6 is 0 Å². The van der Waals surface area contributed by atoms with Crippen LogP contribution in [-0.4, -0.2) is 12.3 Å². The van der Waals surface area contributed by atoms with Gasteiger partial charge in [0.05, 0.1) is 0 Å². The zero-order chi connectivity index (χ0) is 9.68. The van der Waals surface area contributed by atoms with E-state index in [2.05, 4.69) is 5.32 Å². The highest BCUT2D eigenvalue weighted by molar-refractivity contribution is 5.82. The molecule has 1 atom stereocenters. The molecule has 1 radical (unpaired) electrons. The van der Waals surface area contributed by atoms with Crippen molar-refractivity contribution in [2.24, 2.45) is 0 Å². The van der Waals surface area contributed by atoms with Crippen molar-refractivity contribution in [3.05, 3.63) is 35.9 Å². The number of amides is 2. The maximum Gasteiger partial charge on any atom is 0.265 e. The minimum absolute atomic E-state index is 0.421. The summed E-state index contributed by atoms with van der Waals surface area (Å²) in [6.07, 6.45) is 0.421. The first-order valence-corrected chi connectivity index (χ1v) is 3.76. The molecule has 0 aliphatic heterocycles. The summed E-state index contributed by atoms with van der Waals surface area (Å²) in [7, 11) is 0. The lowest BCUT2D eigenvalue weighted by atomic mass is 10.1. The van der Waals surface area contributed by atoms with Crippen LogP contribution < -0.4 is 11.1 Å². The molecule has 1 unspecified atom stereocenters. The number of benzene rings is 1. The van der Waals surface area contributed by atoms with Crippen molar-refractivity contribution in [3.8, 4) is 0 Å². The fraction of sp³-hybridized carbons (Fsp3) is 0.111. The predicted octanol–water partition coefficient (Wildman–Crippen LogP) is 0.283. The van der Waals surface area contributed by atoms with E-state index in [-0.39, 0.29) is 0 Å². The maximum absolute atomic E-state index is 10.8. The average molecular weight is 177 g/mol. The van der Waals surface area contributed by atoms with Crippen LogP contribution in [0.2, 0.25) is 0 Å². The Balaban J connectivity index is 2.88. The molecule has 1 rings (SSSR count). The Morgan fingerprint density at radius 1 is 1.38 bits per heavy atom. The number of rotatable bonds is 4. The number of hydrogen-bond acceptors (Lipinski definition) is 2. The molecule has 0 fully saturated rings. The molecule has 0 aliphatic carbocycles. The molecule has 0 saturated carbocycles. The van der Waals surface area contributed by atoms with Gasteiger partial charge in [-0.25, -0.2) is 0 Å². The van der Waals surface area contributed by atoms with Crippen LogP contribution in [0.4, 0.5) is 0 Å². The second kappa shape index (κ2) is 4.25. The average Bonchev–Trinajstić information content (AvgIpc) is 2.15.